The first-order valence-corrected chi connectivity index (χ1v) is 7.45. The number of nitrogens with two attached hydrogens (primary N) is 1. The molecule has 0 saturated heterocycles. The minimum atomic E-state index is 0.770. The van der Waals surface area contributed by atoms with Crippen molar-refractivity contribution in [2.75, 3.05) is 6.54 Å². The van der Waals surface area contributed by atoms with E-state index in [9.17, 15) is 0 Å². The molecular weight excluding hydrogens is 264 g/mol. The number of halogens is 1. The molecule has 0 bridgehead atoms. The van der Waals surface area contributed by atoms with E-state index in [1.165, 1.54) is 26.7 Å². The van der Waals surface area contributed by atoms with Gasteiger partial charge in [0.15, 0.2) is 0 Å². The summed E-state index contributed by atoms with van der Waals surface area (Å²) in [6.45, 7) is 0.770. The summed E-state index contributed by atoms with van der Waals surface area (Å²) in [4.78, 5) is 6.15. The van der Waals surface area contributed by atoms with Gasteiger partial charge >= 0.3 is 0 Å². The number of thiazole rings is 1. The smallest absolute Gasteiger partial charge is 0.0935 e. The van der Waals surface area contributed by atoms with Gasteiger partial charge in [-0.2, -0.15) is 0 Å². The lowest BCUT2D eigenvalue weighted by atomic mass is 10.1. The molecule has 1 aromatic heterocycles. The Hall–Kier alpha value is -0.900. The van der Waals surface area contributed by atoms with Crippen LogP contribution < -0.4 is 5.73 Å². The summed E-state index contributed by atoms with van der Waals surface area (Å²) >= 11 is 7.86. The molecule has 18 heavy (non-hydrogen) atoms. The van der Waals surface area contributed by atoms with Gasteiger partial charge in [-0.25, -0.2) is 4.98 Å². The lowest BCUT2D eigenvalue weighted by molar-refractivity contribution is 0.742. The molecule has 2 nitrogen and oxygen atoms in total. The quantitative estimate of drug-likeness (QED) is 0.740. The molecule has 1 aliphatic rings. The number of rotatable bonds is 4. The topological polar surface area (TPSA) is 38.9 Å². The van der Waals surface area contributed by atoms with E-state index in [-0.39, 0.29) is 0 Å². The van der Waals surface area contributed by atoms with Crippen LogP contribution in [0.5, 0.6) is 0 Å². The summed E-state index contributed by atoms with van der Waals surface area (Å²) in [7, 11) is 0. The van der Waals surface area contributed by atoms with Crippen molar-refractivity contribution < 1.29 is 0 Å². The zero-order valence-electron chi connectivity index (χ0n) is 10.1. The van der Waals surface area contributed by atoms with Crippen LogP contribution >= 0.6 is 22.9 Å². The summed E-state index contributed by atoms with van der Waals surface area (Å²) in [5, 5.41) is 2.06. The van der Waals surface area contributed by atoms with Crippen molar-refractivity contribution in [2.45, 2.75) is 25.7 Å². The van der Waals surface area contributed by atoms with E-state index in [2.05, 4.69) is 12.1 Å². The normalized spacial score (nSPS) is 12.6. The Morgan fingerprint density at radius 3 is 3.06 bits per heavy atom. The Bertz CT molecular complexity index is 577. The average molecular weight is 279 g/mol. The molecule has 0 aliphatic heterocycles. The molecule has 0 saturated carbocycles. The number of benzene rings is 1. The zero-order chi connectivity index (χ0) is 12.5. The Kier molecular flexibility index (Phi) is 3.37. The third-order valence-corrected chi connectivity index (χ3v) is 4.61. The van der Waals surface area contributed by atoms with Gasteiger partial charge in [-0.3, -0.25) is 0 Å². The average Bonchev–Trinajstić information content (AvgIpc) is 2.85. The Morgan fingerprint density at radius 1 is 1.33 bits per heavy atom. The van der Waals surface area contributed by atoms with Crippen LogP contribution in [0.2, 0.25) is 5.02 Å². The molecule has 0 spiro atoms. The van der Waals surface area contributed by atoms with Gasteiger partial charge in [0.1, 0.15) is 0 Å². The van der Waals surface area contributed by atoms with Crippen molar-refractivity contribution >= 4 is 22.9 Å². The third-order valence-electron chi connectivity index (χ3n) is 3.26. The number of hydrogen-bond donors (Lipinski definition) is 1. The molecule has 1 aromatic carbocycles. The van der Waals surface area contributed by atoms with E-state index in [1.54, 1.807) is 0 Å². The Labute approximate surface area is 116 Å². The second-order valence-corrected chi connectivity index (χ2v) is 6.21. The first kappa shape index (κ1) is 12.2. The molecule has 0 atom stereocenters. The fourth-order valence-electron chi connectivity index (χ4n) is 2.37. The number of aryl methyl sites for hydroxylation is 1. The fourth-order valence-corrected chi connectivity index (χ4v) is 3.71. The maximum absolute atomic E-state index is 6.02. The van der Waals surface area contributed by atoms with Crippen LogP contribution in [-0.2, 0) is 12.8 Å². The summed E-state index contributed by atoms with van der Waals surface area (Å²) in [5.74, 6) is 0. The van der Waals surface area contributed by atoms with Gasteiger partial charge in [0.2, 0.25) is 0 Å². The lowest BCUT2D eigenvalue weighted by Crippen LogP contribution is -1.98. The highest BCUT2D eigenvalue weighted by Crippen LogP contribution is 2.40. The predicted molar refractivity (Wildman–Crippen MR) is 77.4 cm³/mol. The van der Waals surface area contributed by atoms with Crippen LogP contribution in [0.1, 0.15) is 28.3 Å². The largest absolute Gasteiger partial charge is 0.330 e. The number of aromatic nitrogens is 1. The van der Waals surface area contributed by atoms with Crippen LogP contribution in [0, 0.1) is 0 Å². The highest BCUT2D eigenvalue weighted by molar-refractivity contribution is 7.12. The lowest BCUT2D eigenvalue weighted by Gasteiger charge is -2.00. The number of fused-ring (bicyclic) bond motifs is 3. The Balaban J connectivity index is 1.84. The third kappa shape index (κ3) is 2.18. The second kappa shape index (κ2) is 5.00. The van der Waals surface area contributed by atoms with E-state index in [1.807, 2.05) is 17.4 Å². The molecule has 4 heteroatoms. The van der Waals surface area contributed by atoms with Crippen molar-refractivity contribution in [3.05, 3.63) is 38.7 Å². The first-order chi connectivity index (χ1) is 8.78. The van der Waals surface area contributed by atoms with Crippen LogP contribution in [0.4, 0.5) is 0 Å². The molecule has 0 unspecified atom stereocenters. The summed E-state index contributed by atoms with van der Waals surface area (Å²) in [6.07, 6.45) is 4.25. The van der Waals surface area contributed by atoms with Gasteiger partial charge in [0.25, 0.3) is 0 Å². The maximum Gasteiger partial charge on any atom is 0.0935 e. The highest BCUT2D eigenvalue weighted by atomic mass is 35.5. The summed E-state index contributed by atoms with van der Waals surface area (Å²) < 4.78 is 0. The van der Waals surface area contributed by atoms with Crippen molar-refractivity contribution in [1.82, 2.24) is 4.98 Å². The van der Waals surface area contributed by atoms with Crippen molar-refractivity contribution in [3.8, 4) is 11.3 Å². The molecular formula is C14H15ClN2S. The van der Waals surface area contributed by atoms with Crippen molar-refractivity contribution in [3.63, 3.8) is 0 Å². The highest BCUT2D eigenvalue weighted by Gasteiger charge is 2.23. The second-order valence-electron chi connectivity index (χ2n) is 4.60. The first-order valence-electron chi connectivity index (χ1n) is 6.25. The van der Waals surface area contributed by atoms with E-state index in [0.717, 1.165) is 37.3 Å². The monoisotopic (exact) mass is 278 g/mol. The molecule has 2 N–H and O–H groups in total. The van der Waals surface area contributed by atoms with Gasteiger partial charge in [0, 0.05) is 21.9 Å². The molecule has 2 aromatic rings. The Morgan fingerprint density at radius 2 is 2.22 bits per heavy atom. The number of hydrogen-bond acceptors (Lipinski definition) is 3. The van der Waals surface area contributed by atoms with E-state index in [0.29, 0.717) is 0 Å². The van der Waals surface area contributed by atoms with Crippen LogP contribution in [0.3, 0.4) is 0 Å². The molecule has 1 aliphatic carbocycles. The molecule has 1 heterocycles. The number of unbranched alkanes of at least 4 members (excludes halogenated alkanes) is 1. The van der Waals surface area contributed by atoms with Crippen molar-refractivity contribution in [1.29, 1.82) is 0 Å². The van der Waals surface area contributed by atoms with Crippen LogP contribution in [0.15, 0.2) is 18.2 Å². The van der Waals surface area contributed by atoms with Gasteiger partial charge in [-0.15, -0.1) is 11.3 Å². The molecule has 0 amide bonds. The molecule has 0 fully saturated rings. The van der Waals surface area contributed by atoms with E-state index in [4.69, 9.17) is 22.3 Å². The standard InChI is InChI=1S/C14H15ClN2S/c15-10-4-5-11-9(7-10)8-12-14(11)17-13(18-12)3-1-2-6-16/h4-5,7H,1-3,6,8,16H2. The van der Waals surface area contributed by atoms with E-state index < -0.39 is 0 Å². The maximum atomic E-state index is 6.02. The van der Waals surface area contributed by atoms with Gasteiger partial charge in [0.05, 0.1) is 10.7 Å². The van der Waals surface area contributed by atoms with E-state index >= 15 is 0 Å². The fraction of sp³-hybridized carbons (Fsp3) is 0.357. The zero-order valence-corrected chi connectivity index (χ0v) is 11.7. The molecule has 94 valence electrons. The van der Waals surface area contributed by atoms with Gasteiger partial charge in [-0.1, -0.05) is 17.7 Å². The molecule has 0 radical (unpaired) electrons. The summed E-state index contributed by atoms with van der Waals surface area (Å²) in [6, 6.07) is 6.09. The number of nitrogens with zero attached hydrogens (tertiary/aromatic N) is 1. The molecule has 3 rings (SSSR count). The van der Waals surface area contributed by atoms with Crippen LogP contribution in [0.25, 0.3) is 11.3 Å². The SMILES string of the molecule is NCCCCc1nc2c(s1)Cc1cc(Cl)ccc1-2. The predicted octanol–water partition coefficient (Wildman–Crippen LogP) is 3.65. The van der Waals surface area contributed by atoms with Gasteiger partial charge in [-0.05, 0) is 43.5 Å². The van der Waals surface area contributed by atoms with Crippen molar-refractivity contribution in [2.24, 2.45) is 5.73 Å². The van der Waals surface area contributed by atoms with Gasteiger partial charge < -0.3 is 5.73 Å². The minimum absolute atomic E-state index is 0.770. The minimum Gasteiger partial charge on any atom is -0.330 e. The van der Waals surface area contributed by atoms with Crippen LogP contribution in [-0.4, -0.2) is 11.5 Å². The summed E-state index contributed by atoms with van der Waals surface area (Å²) in [5.41, 5.74) is 9.26.